The zero-order chi connectivity index (χ0) is 17.5. The van der Waals surface area contributed by atoms with Crippen LogP contribution in [0.5, 0.6) is 0 Å². The molecular weight excluding hydrogens is 332 g/mol. The van der Waals surface area contributed by atoms with Crippen LogP contribution in [0.2, 0.25) is 0 Å². The lowest BCUT2D eigenvalue weighted by Gasteiger charge is -2.23. The fraction of sp³-hybridized carbons (Fsp3) is 0.200. The van der Waals surface area contributed by atoms with E-state index >= 15 is 0 Å². The maximum atomic E-state index is 12.5. The van der Waals surface area contributed by atoms with Gasteiger partial charge in [-0.2, -0.15) is 0 Å². The summed E-state index contributed by atoms with van der Waals surface area (Å²) in [6.07, 6.45) is 1.54. The Morgan fingerprint density at radius 3 is 2.28 bits per heavy atom. The summed E-state index contributed by atoms with van der Waals surface area (Å²) in [5.74, 6) is -0.311. The van der Waals surface area contributed by atoms with Crippen LogP contribution in [-0.2, 0) is 22.6 Å². The highest BCUT2D eigenvalue weighted by Gasteiger charge is 2.22. The molecule has 2 N–H and O–H groups in total. The van der Waals surface area contributed by atoms with Crippen LogP contribution in [0.15, 0.2) is 71.9 Å². The molecule has 1 heterocycles. The first-order valence-electron chi connectivity index (χ1n) is 8.24. The number of allylic oxidation sites excluding steroid dienone is 1. The molecule has 0 bridgehead atoms. The molecule has 2 aromatic rings. The number of carbonyl (C=O) groups excluding carboxylic acids is 1. The fourth-order valence-electron chi connectivity index (χ4n) is 2.67. The molecule has 1 aliphatic rings. The van der Waals surface area contributed by atoms with Gasteiger partial charge in [0, 0.05) is 5.70 Å². The Hall–Kier alpha value is -2.66. The molecule has 0 aliphatic carbocycles. The van der Waals surface area contributed by atoms with Gasteiger partial charge in [0.2, 0.25) is 0 Å². The largest absolute Gasteiger partial charge is 0.457 e. The van der Waals surface area contributed by atoms with Gasteiger partial charge in [-0.3, -0.25) is 0 Å². The Morgan fingerprint density at radius 2 is 1.60 bits per heavy atom. The fourth-order valence-corrected chi connectivity index (χ4v) is 2.86. The van der Waals surface area contributed by atoms with Gasteiger partial charge in [0.15, 0.2) is 5.11 Å². The molecule has 3 rings (SSSR count). The summed E-state index contributed by atoms with van der Waals surface area (Å²) in [6.45, 7) is 0.656. The first-order valence-corrected chi connectivity index (χ1v) is 8.65. The van der Waals surface area contributed by atoms with E-state index in [-0.39, 0.29) is 12.6 Å². The maximum absolute atomic E-state index is 12.5. The predicted octanol–water partition coefficient (Wildman–Crippen LogP) is 3.09. The van der Waals surface area contributed by atoms with Gasteiger partial charge in [0.1, 0.15) is 6.61 Å². The van der Waals surface area contributed by atoms with Crippen molar-refractivity contribution in [3.05, 3.63) is 83.1 Å². The summed E-state index contributed by atoms with van der Waals surface area (Å²) < 4.78 is 5.47. The number of hydrogen-bond donors (Lipinski definition) is 2. The first kappa shape index (κ1) is 17.2. The van der Waals surface area contributed by atoms with Crippen molar-refractivity contribution in [3.63, 3.8) is 0 Å². The minimum atomic E-state index is -0.311. The molecule has 4 nitrogen and oxygen atoms in total. The molecular formula is C20H20N2O2S. The number of ether oxygens (including phenoxy) is 1. The Labute approximate surface area is 152 Å². The molecule has 0 amide bonds. The third kappa shape index (κ3) is 4.90. The number of hydrogen-bond acceptors (Lipinski definition) is 3. The second-order valence-corrected chi connectivity index (χ2v) is 6.22. The minimum Gasteiger partial charge on any atom is -0.457 e. The van der Waals surface area contributed by atoms with Crippen LogP contribution >= 0.6 is 12.2 Å². The standard InChI is InChI=1S/C20H20N2O2S/c23-19(24-14-16-9-5-2-6-10-16)17-13-21-20(25)22-18(17)12-11-15-7-3-1-4-8-15/h1-10H,11-14H2,(H2,21,22,25). The van der Waals surface area contributed by atoms with Crippen LogP contribution < -0.4 is 10.6 Å². The molecule has 0 radical (unpaired) electrons. The highest BCUT2D eigenvalue weighted by atomic mass is 32.1. The number of thiocarbonyl (C=S) groups is 1. The Bertz CT molecular complexity index is 773. The van der Waals surface area contributed by atoms with Crippen molar-refractivity contribution in [2.75, 3.05) is 6.54 Å². The molecule has 0 atom stereocenters. The van der Waals surface area contributed by atoms with E-state index < -0.39 is 0 Å². The Morgan fingerprint density at radius 1 is 0.960 bits per heavy atom. The number of aryl methyl sites for hydroxylation is 1. The zero-order valence-electron chi connectivity index (χ0n) is 13.8. The SMILES string of the molecule is O=C(OCc1ccccc1)C1=C(CCc2ccccc2)NC(=S)NC1. The van der Waals surface area contributed by atoms with Crippen molar-refractivity contribution in [2.24, 2.45) is 0 Å². The lowest BCUT2D eigenvalue weighted by Crippen LogP contribution is -2.43. The monoisotopic (exact) mass is 352 g/mol. The van der Waals surface area contributed by atoms with Gasteiger partial charge in [-0.15, -0.1) is 0 Å². The number of benzene rings is 2. The van der Waals surface area contributed by atoms with E-state index in [0.29, 0.717) is 23.7 Å². The van der Waals surface area contributed by atoms with Crippen LogP contribution in [0.3, 0.4) is 0 Å². The highest BCUT2D eigenvalue weighted by Crippen LogP contribution is 2.15. The molecule has 0 unspecified atom stereocenters. The van der Waals surface area contributed by atoms with Crippen LogP contribution in [0.4, 0.5) is 0 Å². The number of rotatable bonds is 6. The summed E-state index contributed by atoms with van der Waals surface area (Å²) in [7, 11) is 0. The number of carbonyl (C=O) groups is 1. The summed E-state index contributed by atoms with van der Waals surface area (Å²) in [5.41, 5.74) is 3.64. The average Bonchev–Trinajstić information content (AvgIpc) is 2.66. The molecule has 128 valence electrons. The van der Waals surface area contributed by atoms with E-state index in [1.165, 1.54) is 5.56 Å². The normalized spacial score (nSPS) is 13.8. The Kier molecular flexibility index (Phi) is 5.80. The summed E-state index contributed by atoms with van der Waals surface area (Å²) in [5, 5.41) is 6.66. The second kappa shape index (κ2) is 8.44. The van der Waals surface area contributed by atoms with Crippen LogP contribution in [0.25, 0.3) is 0 Å². The summed E-state index contributed by atoms with van der Waals surface area (Å²) in [4.78, 5) is 12.5. The first-order chi connectivity index (χ1) is 12.2. The van der Waals surface area contributed by atoms with Gasteiger partial charge in [0.05, 0.1) is 12.1 Å². The van der Waals surface area contributed by atoms with Crippen molar-refractivity contribution in [1.82, 2.24) is 10.6 Å². The molecule has 25 heavy (non-hydrogen) atoms. The predicted molar refractivity (Wildman–Crippen MR) is 102 cm³/mol. The van der Waals surface area contributed by atoms with Gasteiger partial charge < -0.3 is 15.4 Å². The molecule has 2 aromatic carbocycles. The van der Waals surface area contributed by atoms with Crippen molar-refractivity contribution in [1.29, 1.82) is 0 Å². The van der Waals surface area contributed by atoms with Crippen molar-refractivity contribution >= 4 is 23.3 Å². The molecule has 0 spiro atoms. The van der Waals surface area contributed by atoms with Gasteiger partial charge in [-0.25, -0.2) is 4.79 Å². The quantitative estimate of drug-likeness (QED) is 0.618. The lowest BCUT2D eigenvalue weighted by molar-refractivity contribution is -0.140. The smallest absolute Gasteiger partial charge is 0.337 e. The van der Waals surface area contributed by atoms with E-state index in [9.17, 15) is 4.79 Å². The minimum absolute atomic E-state index is 0.263. The summed E-state index contributed by atoms with van der Waals surface area (Å²) >= 11 is 5.19. The van der Waals surface area contributed by atoms with Crippen molar-refractivity contribution in [2.45, 2.75) is 19.4 Å². The maximum Gasteiger partial charge on any atom is 0.337 e. The number of esters is 1. The van der Waals surface area contributed by atoms with Crippen LogP contribution in [0, 0.1) is 0 Å². The molecule has 0 fully saturated rings. The van der Waals surface area contributed by atoms with Crippen LogP contribution in [-0.4, -0.2) is 17.6 Å². The van der Waals surface area contributed by atoms with E-state index in [4.69, 9.17) is 17.0 Å². The van der Waals surface area contributed by atoms with Gasteiger partial charge >= 0.3 is 5.97 Å². The molecule has 0 saturated carbocycles. The van der Waals surface area contributed by atoms with Gasteiger partial charge in [-0.05, 0) is 36.2 Å². The van der Waals surface area contributed by atoms with E-state index in [2.05, 4.69) is 22.8 Å². The van der Waals surface area contributed by atoms with Crippen LogP contribution in [0.1, 0.15) is 17.5 Å². The number of nitrogens with one attached hydrogen (secondary N) is 2. The second-order valence-electron chi connectivity index (χ2n) is 5.81. The van der Waals surface area contributed by atoms with E-state index in [1.54, 1.807) is 0 Å². The Balaban J connectivity index is 1.67. The van der Waals surface area contributed by atoms with E-state index in [1.807, 2.05) is 48.5 Å². The van der Waals surface area contributed by atoms with Gasteiger partial charge in [-0.1, -0.05) is 60.7 Å². The third-order valence-electron chi connectivity index (χ3n) is 4.02. The van der Waals surface area contributed by atoms with Crippen molar-refractivity contribution < 1.29 is 9.53 Å². The average molecular weight is 352 g/mol. The van der Waals surface area contributed by atoms with Gasteiger partial charge in [0.25, 0.3) is 0 Å². The molecule has 5 heteroatoms. The third-order valence-corrected chi connectivity index (χ3v) is 4.27. The molecule has 0 saturated heterocycles. The highest BCUT2D eigenvalue weighted by molar-refractivity contribution is 7.80. The van der Waals surface area contributed by atoms with E-state index in [0.717, 1.165) is 17.7 Å². The lowest BCUT2D eigenvalue weighted by atomic mass is 10.0. The molecule has 0 aromatic heterocycles. The summed E-state index contributed by atoms with van der Waals surface area (Å²) in [6, 6.07) is 19.8. The van der Waals surface area contributed by atoms with Crippen molar-refractivity contribution in [3.8, 4) is 0 Å². The topological polar surface area (TPSA) is 50.4 Å². The molecule has 1 aliphatic heterocycles. The zero-order valence-corrected chi connectivity index (χ0v) is 14.6.